The van der Waals surface area contributed by atoms with E-state index >= 15 is 0 Å². The topological polar surface area (TPSA) is 86.8 Å². The molecule has 1 amide bonds. The third kappa shape index (κ3) is 1.95. The van der Waals surface area contributed by atoms with Crippen LogP contribution >= 0.6 is 0 Å². The average Bonchev–Trinajstić information content (AvgIpc) is 2.87. The van der Waals surface area contributed by atoms with Crippen molar-refractivity contribution in [1.82, 2.24) is 10.1 Å². The number of carbonyl (C=O) groups is 1. The van der Waals surface area contributed by atoms with Crippen molar-refractivity contribution < 1.29 is 23.9 Å². The average molecular weight is 280 g/mol. The molecule has 1 saturated heterocycles. The quantitative estimate of drug-likeness (QED) is 0.838. The first-order chi connectivity index (χ1) is 9.58. The van der Waals surface area contributed by atoms with Gasteiger partial charge in [0.1, 0.15) is 0 Å². The summed E-state index contributed by atoms with van der Waals surface area (Å²) in [7, 11) is 0. The van der Waals surface area contributed by atoms with E-state index < -0.39 is 17.7 Å². The SMILES string of the molecule is O=C(O)N1CCC(c2noc3c(O)c(F)ccc23)CC1. The number of aromatic nitrogens is 1. The molecular formula is C13H13FN2O4. The Morgan fingerprint density at radius 3 is 2.75 bits per heavy atom. The molecule has 0 aliphatic carbocycles. The number of hydrogen-bond donors (Lipinski definition) is 2. The van der Waals surface area contributed by atoms with Gasteiger partial charge in [-0.15, -0.1) is 0 Å². The third-order valence-electron chi connectivity index (χ3n) is 3.75. The molecule has 2 heterocycles. The summed E-state index contributed by atoms with van der Waals surface area (Å²) in [5.74, 6) is -1.23. The highest BCUT2D eigenvalue weighted by Gasteiger charge is 2.27. The number of rotatable bonds is 1. The van der Waals surface area contributed by atoms with Gasteiger partial charge in [0.25, 0.3) is 0 Å². The number of likely N-dealkylation sites (tertiary alicyclic amines) is 1. The highest BCUT2D eigenvalue weighted by Crippen LogP contribution is 2.36. The molecule has 1 fully saturated rings. The largest absolute Gasteiger partial charge is 0.502 e. The van der Waals surface area contributed by atoms with E-state index in [1.807, 2.05) is 0 Å². The van der Waals surface area contributed by atoms with Crippen molar-refractivity contribution >= 4 is 17.1 Å². The highest BCUT2D eigenvalue weighted by molar-refractivity contribution is 5.85. The number of aromatic hydroxyl groups is 1. The molecular weight excluding hydrogens is 267 g/mol. The van der Waals surface area contributed by atoms with Gasteiger partial charge in [-0.2, -0.15) is 0 Å². The smallest absolute Gasteiger partial charge is 0.407 e. The zero-order chi connectivity index (χ0) is 14.3. The van der Waals surface area contributed by atoms with E-state index in [2.05, 4.69) is 5.16 Å². The number of amides is 1. The fourth-order valence-electron chi connectivity index (χ4n) is 2.62. The first-order valence-corrected chi connectivity index (χ1v) is 6.32. The Bertz CT molecular complexity index is 662. The van der Waals surface area contributed by atoms with Crippen LogP contribution in [0.15, 0.2) is 16.7 Å². The van der Waals surface area contributed by atoms with Gasteiger partial charge in [-0.05, 0) is 25.0 Å². The van der Waals surface area contributed by atoms with E-state index in [1.165, 1.54) is 17.0 Å². The summed E-state index contributed by atoms with van der Waals surface area (Å²) < 4.78 is 18.2. The van der Waals surface area contributed by atoms with E-state index in [-0.39, 0.29) is 11.5 Å². The van der Waals surface area contributed by atoms with Gasteiger partial charge < -0.3 is 19.6 Å². The Labute approximate surface area is 113 Å². The Morgan fingerprint density at radius 2 is 2.10 bits per heavy atom. The van der Waals surface area contributed by atoms with Crippen molar-refractivity contribution in [2.24, 2.45) is 0 Å². The number of phenolic OH excluding ortho intramolecular Hbond substituents is 1. The second-order valence-corrected chi connectivity index (χ2v) is 4.88. The molecule has 2 aromatic rings. The van der Waals surface area contributed by atoms with Crippen LogP contribution in [0, 0.1) is 5.82 Å². The molecule has 0 unspecified atom stereocenters. The minimum Gasteiger partial charge on any atom is -0.502 e. The van der Waals surface area contributed by atoms with Crippen LogP contribution in [0.2, 0.25) is 0 Å². The summed E-state index contributed by atoms with van der Waals surface area (Å²) in [4.78, 5) is 12.2. The monoisotopic (exact) mass is 280 g/mol. The summed E-state index contributed by atoms with van der Waals surface area (Å²) in [6.45, 7) is 0.864. The van der Waals surface area contributed by atoms with Gasteiger partial charge in [0.2, 0.25) is 5.58 Å². The zero-order valence-electron chi connectivity index (χ0n) is 10.5. The Morgan fingerprint density at radius 1 is 1.40 bits per heavy atom. The van der Waals surface area contributed by atoms with Crippen LogP contribution in [0.25, 0.3) is 11.0 Å². The van der Waals surface area contributed by atoms with Crippen LogP contribution < -0.4 is 0 Å². The number of piperidine rings is 1. The molecule has 0 bridgehead atoms. The molecule has 0 spiro atoms. The van der Waals surface area contributed by atoms with E-state index in [4.69, 9.17) is 9.63 Å². The van der Waals surface area contributed by atoms with Crippen LogP contribution in [0.3, 0.4) is 0 Å². The molecule has 1 aliphatic rings. The summed E-state index contributed by atoms with van der Waals surface area (Å²) in [5, 5.41) is 23.0. The maximum atomic E-state index is 13.2. The van der Waals surface area contributed by atoms with Gasteiger partial charge >= 0.3 is 6.09 Å². The number of halogens is 1. The van der Waals surface area contributed by atoms with Crippen molar-refractivity contribution in [1.29, 1.82) is 0 Å². The summed E-state index contributed by atoms with van der Waals surface area (Å²) in [6, 6.07) is 2.70. The van der Waals surface area contributed by atoms with Crippen LogP contribution in [0.5, 0.6) is 5.75 Å². The highest BCUT2D eigenvalue weighted by atomic mass is 19.1. The normalized spacial score (nSPS) is 16.8. The Balaban J connectivity index is 1.89. The molecule has 106 valence electrons. The molecule has 1 aliphatic heterocycles. The molecule has 1 aromatic carbocycles. The fraction of sp³-hybridized carbons (Fsp3) is 0.385. The Kier molecular flexibility index (Phi) is 2.96. The first-order valence-electron chi connectivity index (χ1n) is 6.32. The second kappa shape index (κ2) is 4.66. The van der Waals surface area contributed by atoms with Crippen molar-refractivity contribution in [3.8, 4) is 5.75 Å². The molecule has 7 heteroatoms. The molecule has 0 radical (unpaired) electrons. The van der Waals surface area contributed by atoms with E-state index in [0.29, 0.717) is 37.0 Å². The zero-order valence-corrected chi connectivity index (χ0v) is 10.5. The maximum Gasteiger partial charge on any atom is 0.407 e. The minimum atomic E-state index is -0.923. The van der Waals surface area contributed by atoms with Gasteiger partial charge in [-0.25, -0.2) is 9.18 Å². The van der Waals surface area contributed by atoms with Crippen LogP contribution in [-0.2, 0) is 0 Å². The number of carboxylic acid groups (broad SMARTS) is 1. The van der Waals surface area contributed by atoms with E-state index in [9.17, 15) is 14.3 Å². The lowest BCUT2D eigenvalue weighted by atomic mass is 9.92. The maximum absolute atomic E-state index is 13.2. The number of phenols is 1. The predicted octanol–water partition coefficient (Wildman–Crippen LogP) is 2.53. The van der Waals surface area contributed by atoms with Crippen molar-refractivity contribution in [2.45, 2.75) is 18.8 Å². The van der Waals surface area contributed by atoms with Crippen LogP contribution in [0.4, 0.5) is 9.18 Å². The lowest BCUT2D eigenvalue weighted by Gasteiger charge is -2.28. The molecule has 1 aromatic heterocycles. The molecule has 0 atom stereocenters. The summed E-state index contributed by atoms with van der Waals surface area (Å²) >= 11 is 0. The molecule has 2 N–H and O–H groups in total. The van der Waals surface area contributed by atoms with Crippen LogP contribution in [0.1, 0.15) is 24.5 Å². The second-order valence-electron chi connectivity index (χ2n) is 4.88. The van der Waals surface area contributed by atoms with E-state index in [0.717, 1.165) is 0 Å². The summed E-state index contributed by atoms with van der Waals surface area (Å²) in [6.07, 6.45) is 0.339. The standard InChI is InChI=1S/C13H13FN2O4/c14-9-2-1-8-10(15-20-12(8)11(9)17)7-3-5-16(6-4-7)13(18)19/h1-2,7,17H,3-6H2,(H,18,19). The van der Waals surface area contributed by atoms with Gasteiger partial charge in [-0.3, -0.25) is 0 Å². The molecule has 0 saturated carbocycles. The lowest BCUT2D eigenvalue weighted by molar-refractivity contribution is 0.131. The molecule has 6 nitrogen and oxygen atoms in total. The number of nitrogens with zero attached hydrogens (tertiary/aromatic N) is 2. The van der Waals surface area contributed by atoms with Crippen molar-refractivity contribution in [2.75, 3.05) is 13.1 Å². The van der Waals surface area contributed by atoms with E-state index in [1.54, 1.807) is 0 Å². The number of hydrogen-bond acceptors (Lipinski definition) is 4. The summed E-state index contributed by atoms with van der Waals surface area (Å²) in [5.41, 5.74) is 0.695. The molecule has 3 rings (SSSR count). The van der Waals surface area contributed by atoms with Gasteiger partial charge in [0.05, 0.1) is 5.69 Å². The number of benzene rings is 1. The van der Waals surface area contributed by atoms with Crippen molar-refractivity contribution in [3.05, 3.63) is 23.6 Å². The van der Waals surface area contributed by atoms with Gasteiger partial charge in [0.15, 0.2) is 11.6 Å². The third-order valence-corrected chi connectivity index (χ3v) is 3.75. The van der Waals surface area contributed by atoms with Gasteiger partial charge in [-0.1, -0.05) is 5.16 Å². The Hall–Kier alpha value is -2.31. The van der Waals surface area contributed by atoms with Gasteiger partial charge in [0, 0.05) is 24.4 Å². The molecule has 20 heavy (non-hydrogen) atoms. The van der Waals surface area contributed by atoms with Crippen molar-refractivity contribution in [3.63, 3.8) is 0 Å². The number of fused-ring (bicyclic) bond motifs is 1. The predicted molar refractivity (Wildman–Crippen MR) is 67.2 cm³/mol. The first kappa shape index (κ1) is 12.7. The minimum absolute atomic E-state index is 0.0423. The van der Waals surface area contributed by atoms with Crippen LogP contribution in [-0.4, -0.2) is 39.5 Å². The fourth-order valence-corrected chi connectivity index (χ4v) is 2.62. The lowest BCUT2D eigenvalue weighted by Crippen LogP contribution is -2.36.